The predicted molar refractivity (Wildman–Crippen MR) is 125 cm³/mol. The Labute approximate surface area is 183 Å². The van der Waals surface area contributed by atoms with Crippen LogP contribution in [0.1, 0.15) is 103 Å². The van der Waals surface area contributed by atoms with E-state index in [1.54, 1.807) is 6.07 Å². The summed E-state index contributed by atoms with van der Waals surface area (Å²) in [6.45, 7) is 2.28. The molecule has 0 radical (unpaired) electrons. The van der Waals surface area contributed by atoms with E-state index in [0.717, 1.165) is 30.4 Å². The summed E-state index contributed by atoms with van der Waals surface area (Å²) in [4.78, 5) is 11.9. The van der Waals surface area contributed by atoms with E-state index >= 15 is 0 Å². The highest BCUT2D eigenvalue weighted by molar-refractivity contribution is 6.33. The molecule has 1 amide bonds. The average molecular weight is 421 g/mol. The molecule has 29 heavy (non-hydrogen) atoms. The molecule has 0 unspecified atom stereocenters. The SMILES string of the molecule is CCCCCCCC[C@H]1C[C@H]1CCCCCCCC(=O)NNc1ccccc1Cl. The van der Waals surface area contributed by atoms with Gasteiger partial charge in [-0.2, -0.15) is 0 Å². The number of rotatable bonds is 17. The minimum atomic E-state index is 0.0282. The minimum Gasteiger partial charge on any atom is -0.297 e. The van der Waals surface area contributed by atoms with Gasteiger partial charge < -0.3 is 0 Å². The number of para-hydroxylation sites is 1. The summed E-state index contributed by atoms with van der Waals surface area (Å²) < 4.78 is 0. The minimum absolute atomic E-state index is 0.0282. The quantitative estimate of drug-likeness (QED) is 0.198. The molecule has 0 spiro atoms. The zero-order valence-electron chi connectivity index (χ0n) is 18.4. The van der Waals surface area contributed by atoms with Crippen molar-refractivity contribution >= 4 is 23.2 Å². The lowest BCUT2D eigenvalue weighted by atomic mass is 10.0. The molecule has 1 fully saturated rings. The van der Waals surface area contributed by atoms with Gasteiger partial charge in [0.05, 0.1) is 10.7 Å². The molecule has 2 rings (SSSR count). The highest BCUT2D eigenvalue weighted by Crippen LogP contribution is 2.45. The van der Waals surface area contributed by atoms with E-state index in [0.29, 0.717) is 11.4 Å². The summed E-state index contributed by atoms with van der Waals surface area (Å²) >= 11 is 6.05. The fourth-order valence-electron chi connectivity index (χ4n) is 4.19. The molecule has 1 saturated carbocycles. The second kappa shape index (κ2) is 14.7. The Balaban J connectivity index is 1.35. The summed E-state index contributed by atoms with van der Waals surface area (Å²) in [6.07, 6.45) is 19.6. The molecule has 0 bridgehead atoms. The van der Waals surface area contributed by atoms with Crippen LogP contribution in [0.15, 0.2) is 24.3 Å². The van der Waals surface area contributed by atoms with Crippen LogP contribution in [-0.4, -0.2) is 5.91 Å². The van der Waals surface area contributed by atoms with Crippen molar-refractivity contribution in [3.05, 3.63) is 29.3 Å². The fraction of sp³-hybridized carbons (Fsp3) is 0.720. The summed E-state index contributed by atoms with van der Waals surface area (Å²) in [7, 11) is 0. The molecule has 0 saturated heterocycles. The number of unbranched alkanes of at least 4 members (excludes halogenated alkanes) is 9. The molecule has 1 aliphatic rings. The lowest BCUT2D eigenvalue weighted by Gasteiger charge is -2.09. The zero-order chi connectivity index (χ0) is 20.7. The monoisotopic (exact) mass is 420 g/mol. The van der Waals surface area contributed by atoms with E-state index in [1.165, 1.54) is 77.0 Å². The van der Waals surface area contributed by atoms with Crippen LogP contribution < -0.4 is 10.9 Å². The second-order valence-electron chi connectivity index (χ2n) is 8.77. The van der Waals surface area contributed by atoms with Crippen molar-refractivity contribution in [2.45, 2.75) is 103 Å². The van der Waals surface area contributed by atoms with Gasteiger partial charge in [-0.05, 0) is 36.8 Å². The third kappa shape index (κ3) is 10.9. The number of benzene rings is 1. The first-order valence-electron chi connectivity index (χ1n) is 12.0. The number of hydrogen-bond donors (Lipinski definition) is 2. The van der Waals surface area contributed by atoms with Crippen LogP contribution in [0.2, 0.25) is 5.02 Å². The largest absolute Gasteiger partial charge is 0.297 e. The van der Waals surface area contributed by atoms with Crippen molar-refractivity contribution in [2.75, 3.05) is 5.43 Å². The van der Waals surface area contributed by atoms with Gasteiger partial charge >= 0.3 is 0 Å². The fourth-order valence-corrected chi connectivity index (χ4v) is 4.37. The molecule has 4 heteroatoms. The van der Waals surface area contributed by atoms with Gasteiger partial charge in [-0.3, -0.25) is 15.6 Å². The summed E-state index contributed by atoms with van der Waals surface area (Å²) in [5, 5.41) is 0.609. The van der Waals surface area contributed by atoms with Crippen LogP contribution in [-0.2, 0) is 4.79 Å². The van der Waals surface area contributed by atoms with Gasteiger partial charge in [-0.25, -0.2) is 0 Å². The van der Waals surface area contributed by atoms with Crippen molar-refractivity contribution in [1.29, 1.82) is 0 Å². The third-order valence-electron chi connectivity index (χ3n) is 6.19. The molecule has 0 aliphatic heterocycles. The number of halogens is 1. The lowest BCUT2D eigenvalue weighted by molar-refractivity contribution is -0.120. The van der Waals surface area contributed by atoms with Crippen molar-refractivity contribution < 1.29 is 4.79 Å². The average Bonchev–Trinajstić information content (AvgIpc) is 3.47. The van der Waals surface area contributed by atoms with E-state index in [4.69, 9.17) is 11.6 Å². The molecule has 0 heterocycles. The topological polar surface area (TPSA) is 41.1 Å². The van der Waals surface area contributed by atoms with Gasteiger partial charge in [0.2, 0.25) is 5.91 Å². The number of anilines is 1. The highest BCUT2D eigenvalue weighted by atomic mass is 35.5. The normalized spacial score (nSPS) is 17.9. The maximum atomic E-state index is 11.9. The highest BCUT2D eigenvalue weighted by Gasteiger charge is 2.34. The van der Waals surface area contributed by atoms with Crippen LogP contribution >= 0.6 is 11.6 Å². The first-order valence-corrected chi connectivity index (χ1v) is 12.4. The van der Waals surface area contributed by atoms with E-state index < -0.39 is 0 Å². The Bertz CT molecular complexity index is 578. The van der Waals surface area contributed by atoms with Gasteiger partial charge in [0.1, 0.15) is 0 Å². The lowest BCUT2D eigenvalue weighted by Crippen LogP contribution is -2.29. The Hall–Kier alpha value is -1.22. The van der Waals surface area contributed by atoms with E-state index in [2.05, 4.69) is 17.8 Å². The number of carbonyl (C=O) groups excluding carboxylic acids is 1. The molecule has 1 aromatic carbocycles. The van der Waals surface area contributed by atoms with Crippen molar-refractivity contribution in [3.8, 4) is 0 Å². The van der Waals surface area contributed by atoms with Gasteiger partial charge in [-0.1, -0.05) is 108 Å². The van der Waals surface area contributed by atoms with Crippen LogP contribution in [0.5, 0.6) is 0 Å². The van der Waals surface area contributed by atoms with Crippen LogP contribution in [0, 0.1) is 11.8 Å². The Morgan fingerprint density at radius 3 is 2.14 bits per heavy atom. The Morgan fingerprint density at radius 2 is 1.48 bits per heavy atom. The summed E-state index contributed by atoms with van der Waals surface area (Å²) in [6, 6.07) is 7.41. The van der Waals surface area contributed by atoms with Gasteiger partial charge in [0, 0.05) is 6.42 Å². The van der Waals surface area contributed by atoms with Crippen molar-refractivity contribution in [2.24, 2.45) is 11.8 Å². The predicted octanol–water partition coefficient (Wildman–Crippen LogP) is 7.90. The molecule has 1 aliphatic carbocycles. The van der Waals surface area contributed by atoms with Crippen molar-refractivity contribution in [1.82, 2.24) is 5.43 Å². The van der Waals surface area contributed by atoms with Gasteiger partial charge in [0.15, 0.2) is 0 Å². The van der Waals surface area contributed by atoms with E-state index in [9.17, 15) is 4.79 Å². The molecule has 2 atom stereocenters. The first kappa shape index (κ1) is 24.1. The maximum absolute atomic E-state index is 11.9. The number of nitrogens with one attached hydrogen (secondary N) is 2. The first-order chi connectivity index (χ1) is 14.2. The van der Waals surface area contributed by atoms with E-state index in [1.807, 2.05) is 18.2 Å². The third-order valence-corrected chi connectivity index (χ3v) is 6.52. The number of hydrazine groups is 1. The van der Waals surface area contributed by atoms with Crippen LogP contribution in [0.25, 0.3) is 0 Å². The zero-order valence-corrected chi connectivity index (χ0v) is 19.1. The molecular formula is C25H41ClN2O. The molecule has 164 valence electrons. The maximum Gasteiger partial charge on any atom is 0.238 e. The van der Waals surface area contributed by atoms with E-state index in [-0.39, 0.29) is 5.91 Å². The van der Waals surface area contributed by atoms with Crippen LogP contribution in [0.4, 0.5) is 5.69 Å². The Morgan fingerprint density at radius 1 is 0.897 bits per heavy atom. The van der Waals surface area contributed by atoms with Gasteiger partial charge in [-0.15, -0.1) is 0 Å². The second-order valence-corrected chi connectivity index (χ2v) is 9.18. The smallest absolute Gasteiger partial charge is 0.238 e. The molecule has 1 aromatic rings. The standard InChI is InChI=1S/C25H41ClN2O/c1-2-3-4-5-7-10-15-21-20-22(21)16-11-8-6-9-12-19-25(29)28-27-24-18-14-13-17-23(24)26/h13-14,17-18,21-22,27H,2-12,15-16,19-20H2,1H3,(H,28,29)/t21-,22+/m0/s1. The molecule has 0 aromatic heterocycles. The van der Waals surface area contributed by atoms with Crippen LogP contribution in [0.3, 0.4) is 0 Å². The number of amides is 1. The summed E-state index contributed by atoms with van der Waals surface area (Å²) in [5.74, 6) is 2.11. The van der Waals surface area contributed by atoms with Crippen molar-refractivity contribution in [3.63, 3.8) is 0 Å². The molecular weight excluding hydrogens is 380 g/mol. The number of carbonyl (C=O) groups is 1. The van der Waals surface area contributed by atoms with Gasteiger partial charge in [0.25, 0.3) is 0 Å². The Kier molecular flexibility index (Phi) is 12.2. The summed E-state index contributed by atoms with van der Waals surface area (Å²) in [5.41, 5.74) is 6.35. The number of hydrogen-bond acceptors (Lipinski definition) is 2. The molecule has 3 nitrogen and oxygen atoms in total. The molecule has 2 N–H and O–H groups in total.